The third-order valence-corrected chi connectivity index (χ3v) is 5.05. The van der Waals surface area contributed by atoms with E-state index in [0.29, 0.717) is 36.5 Å². The van der Waals surface area contributed by atoms with Crippen LogP contribution in [-0.2, 0) is 4.74 Å². The minimum atomic E-state index is 0.380. The first-order valence-electron chi connectivity index (χ1n) is 8.91. The van der Waals surface area contributed by atoms with Crippen molar-refractivity contribution in [3.05, 3.63) is 0 Å². The van der Waals surface area contributed by atoms with E-state index in [2.05, 4.69) is 45.9 Å². The van der Waals surface area contributed by atoms with Crippen molar-refractivity contribution < 1.29 is 9.37 Å². The van der Waals surface area contributed by atoms with E-state index in [1.807, 2.05) is 0 Å². The molecule has 136 valence electrons. The predicted octanol–water partition coefficient (Wildman–Crippen LogP) is 0.626. The summed E-state index contributed by atoms with van der Waals surface area (Å²) in [6, 6.07) is 0.380. The summed E-state index contributed by atoms with van der Waals surface area (Å²) in [5.41, 5.74) is 0.925. The van der Waals surface area contributed by atoms with Crippen molar-refractivity contribution >= 4 is 22.9 Å². The quantitative estimate of drug-likeness (QED) is 0.793. The zero-order valence-electron chi connectivity index (χ0n) is 15.1. The summed E-state index contributed by atoms with van der Waals surface area (Å²) in [5.74, 6) is 2.26. The van der Waals surface area contributed by atoms with Crippen LogP contribution in [0.15, 0.2) is 4.63 Å². The molecule has 2 aliphatic heterocycles. The molecule has 1 atom stereocenters. The highest BCUT2D eigenvalue weighted by Crippen LogP contribution is 2.32. The second-order valence-corrected chi connectivity index (χ2v) is 7.15. The molecule has 0 bridgehead atoms. The van der Waals surface area contributed by atoms with Crippen LogP contribution in [0.1, 0.15) is 13.8 Å². The number of aromatic nitrogens is 4. The first-order valence-corrected chi connectivity index (χ1v) is 8.91. The van der Waals surface area contributed by atoms with Crippen molar-refractivity contribution in [2.45, 2.75) is 19.9 Å². The van der Waals surface area contributed by atoms with E-state index in [4.69, 9.17) is 19.3 Å². The largest absolute Gasteiger partial charge is 0.378 e. The fourth-order valence-electron chi connectivity index (χ4n) is 3.59. The fraction of sp³-hybridized carbons (Fsp3) is 0.750. The third kappa shape index (κ3) is 3.13. The summed E-state index contributed by atoms with van der Waals surface area (Å²) < 4.78 is 10.3. The van der Waals surface area contributed by atoms with E-state index < -0.39 is 0 Å². The SMILES string of the molecule is CC(C)[C@H]1CN(C)CCN1c1nc2nonc2nc1N1CCOCC1. The molecule has 0 radical (unpaired) electrons. The molecule has 0 spiro atoms. The molecule has 9 nitrogen and oxygen atoms in total. The van der Waals surface area contributed by atoms with Gasteiger partial charge in [-0.05, 0) is 23.3 Å². The van der Waals surface area contributed by atoms with Gasteiger partial charge < -0.3 is 19.4 Å². The Morgan fingerprint density at radius 1 is 0.960 bits per heavy atom. The standard InChI is InChI=1S/C16H25N7O2/c1-11(2)12-10-21(3)4-5-23(12)16-15(22-6-8-24-9-7-22)17-13-14(18-16)20-25-19-13/h11-12H,4-10H2,1-3H3/t12-/m1/s1. The lowest BCUT2D eigenvalue weighted by molar-refractivity contribution is 0.122. The number of ether oxygens (including phenoxy) is 1. The van der Waals surface area contributed by atoms with Gasteiger partial charge in [-0.2, -0.15) is 0 Å². The zero-order chi connectivity index (χ0) is 17.4. The molecule has 4 heterocycles. The predicted molar refractivity (Wildman–Crippen MR) is 93.9 cm³/mol. The number of morpholine rings is 1. The van der Waals surface area contributed by atoms with Crippen molar-refractivity contribution in [1.29, 1.82) is 0 Å². The van der Waals surface area contributed by atoms with Crippen molar-refractivity contribution in [3.63, 3.8) is 0 Å². The summed E-state index contributed by atoms with van der Waals surface area (Å²) in [7, 11) is 2.17. The van der Waals surface area contributed by atoms with E-state index in [1.54, 1.807) is 0 Å². The third-order valence-electron chi connectivity index (χ3n) is 5.05. The van der Waals surface area contributed by atoms with Gasteiger partial charge in [0.05, 0.1) is 13.2 Å². The molecule has 2 aromatic heterocycles. The maximum atomic E-state index is 5.50. The Hall–Kier alpha value is -2.00. The van der Waals surface area contributed by atoms with Crippen LogP contribution in [0.25, 0.3) is 11.3 Å². The molecular formula is C16H25N7O2. The minimum Gasteiger partial charge on any atom is -0.378 e. The maximum Gasteiger partial charge on any atom is 0.245 e. The van der Waals surface area contributed by atoms with Crippen LogP contribution in [0.3, 0.4) is 0 Å². The molecule has 4 rings (SSSR count). The molecule has 2 fully saturated rings. The van der Waals surface area contributed by atoms with E-state index >= 15 is 0 Å². The van der Waals surface area contributed by atoms with E-state index in [1.165, 1.54) is 0 Å². The highest BCUT2D eigenvalue weighted by molar-refractivity contribution is 5.75. The number of rotatable bonds is 3. The number of nitrogens with zero attached hydrogens (tertiary/aromatic N) is 7. The summed E-state index contributed by atoms with van der Waals surface area (Å²) in [4.78, 5) is 16.5. The molecule has 9 heteroatoms. The van der Waals surface area contributed by atoms with Gasteiger partial charge >= 0.3 is 0 Å². The second kappa shape index (κ2) is 6.72. The molecule has 0 N–H and O–H groups in total. The van der Waals surface area contributed by atoms with E-state index in [0.717, 1.165) is 44.4 Å². The number of anilines is 2. The molecule has 2 aromatic rings. The molecule has 0 amide bonds. The molecule has 0 unspecified atom stereocenters. The second-order valence-electron chi connectivity index (χ2n) is 7.15. The lowest BCUT2D eigenvalue weighted by Gasteiger charge is -2.44. The Labute approximate surface area is 146 Å². The summed E-state index contributed by atoms with van der Waals surface area (Å²) in [5, 5.41) is 7.79. The Balaban J connectivity index is 1.78. The van der Waals surface area contributed by atoms with Gasteiger partial charge in [0.1, 0.15) is 0 Å². The Morgan fingerprint density at radius 2 is 1.64 bits per heavy atom. The molecular weight excluding hydrogens is 322 g/mol. The molecule has 25 heavy (non-hydrogen) atoms. The Kier molecular flexibility index (Phi) is 4.43. The molecule has 0 aliphatic carbocycles. The van der Waals surface area contributed by atoms with Crippen LogP contribution in [0.2, 0.25) is 0 Å². The van der Waals surface area contributed by atoms with Crippen LogP contribution in [0, 0.1) is 5.92 Å². The van der Waals surface area contributed by atoms with Gasteiger partial charge in [0, 0.05) is 38.8 Å². The topological polar surface area (TPSA) is 83.7 Å². The van der Waals surface area contributed by atoms with Crippen molar-refractivity contribution in [3.8, 4) is 0 Å². The summed E-state index contributed by atoms with van der Waals surface area (Å²) in [6.45, 7) is 10.5. The van der Waals surface area contributed by atoms with Crippen LogP contribution in [0.5, 0.6) is 0 Å². The maximum absolute atomic E-state index is 5.50. The highest BCUT2D eigenvalue weighted by atomic mass is 16.6. The van der Waals surface area contributed by atoms with Crippen LogP contribution < -0.4 is 9.80 Å². The first-order chi connectivity index (χ1) is 12.1. The fourth-order valence-corrected chi connectivity index (χ4v) is 3.59. The summed E-state index contributed by atoms with van der Waals surface area (Å²) >= 11 is 0. The summed E-state index contributed by atoms with van der Waals surface area (Å²) in [6.07, 6.45) is 0. The van der Waals surface area contributed by atoms with Gasteiger partial charge in [-0.25, -0.2) is 14.6 Å². The number of likely N-dealkylation sites (N-methyl/N-ethyl adjacent to an activating group) is 1. The highest BCUT2D eigenvalue weighted by Gasteiger charge is 2.33. The van der Waals surface area contributed by atoms with Gasteiger partial charge in [0.2, 0.25) is 11.3 Å². The van der Waals surface area contributed by atoms with Gasteiger partial charge in [-0.15, -0.1) is 0 Å². The number of hydrogen-bond acceptors (Lipinski definition) is 9. The normalized spacial score (nSPS) is 23.0. The molecule has 0 aromatic carbocycles. The monoisotopic (exact) mass is 347 g/mol. The zero-order valence-corrected chi connectivity index (χ0v) is 15.1. The van der Waals surface area contributed by atoms with Crippen molar-refractivity contribution in [2.24, 2.45) is 5.92 Å². The molecule has 2 saturated heterocycles. The molecule has 2 aliphatic rings. The minimum absolute atomic E-state index is 0.380. The smallest absolute Gasteiger partial charge is 0.245 e. The van der Waals surface area contributed by atoms with Gasteiger partial charge in [0.25, 0.3) is 0 Å². The average Bonchev–Trinajstić information content (AvgIpc) is 3.09. The van der Waals surface area contributed by atoms with Gasteiger partial charge in [-0.1, -0.05) is 13.8 Å². The Morgan fingerprint density at radius 3 is 2.32 bits per heavy atom. The van der Waals surface area contributed by atoms with Crippen LogP contribution >= 0.6 is 0 Å². The van der Waals surface area contributed by atoms with Crippen LogP contribution in [0.4, 0.5) is 11.6 Å². The molecule has 0 saturated carbocycles. The lowest BCUT2D eigenvalue weighted by atomic mass is 9.99. The first kappa shape index (κ1) is 16.5. The number of piperazine rings is 1. The number of hydrogen-bond donors (Lipinski definition) is 0. The van der Waals surface area contributed by atoms with E-state index in [-0.39, 0.29) is 0 Å². The van der Waals surface area contributed by atoms with E-state index in [9.17, 15) is 0 Å². The van der Waals surface area contributed by atoms with Gasteiger partial charge in [-0.3, -0.25) is 0 Å². The number of fused-ring (bicyclic) bond motifs is 1. The Bertz CT molecular complexity index is 728. The average molecular weight is 347 g/mol. The van der Waals surface area contributed by atoms with Crippen molar-refractivity contribution in [1.82, 2.24) is 25.2 Å². The van der Waals surface area contributed by atoms with Gasteiger partial charge in [0.15, 0.2) is 11.6 Å². The van der Waals surface area contributed by atoms with Crippen molar-refractivity contribution in [2.75, 3.05) is 62.8 Å². The van der Waals surface area contributed by atoms with Crippen LogP contribution in [-0.4, -0.2) is 84.2 Å². The lowest BCUT2D eigenvalue weighted by Crippen LogP contribution is -2.55.